The molecule has 1 rings (SSSR count). The number of thioether (sulfide) groups is 1. The molecule has 0 aliphatic carbocycles. The Bertz CT molecular complexity index is 452. The van der Waals surface area contributed by atoms with Gasteiger partial charge < -0.3 is 10.6 Å². The van der Waals surface area contributed by atoms with Gasteiger partial charge >= 0.3 is 11.7 Å². The summed E-state index contributed by atoms with van der Waals surface area (Å²) in [6, 6.07) is 9.06. The molecular formula is C10H8N2O3S. The van der Waals surface area contributed by atoms with Crippen LogP contribution in [-0.2, 0) is 9.59 Å². The number of hydrogen-bond acceptors (Lipinski definition) is 3. The Morgan fingerprint density at radius 2 is 1.94 bits per heavy atom. The third-order valence-corrected chi connectivity index (χ3v) is 2.69. The highest BCUT2D eigenvalue weighted by molar-refractivity contribution is 8.00. The molecule has 1 N–H and O–H groups in total. The van der Waals surface area contributed by atoms with Crippen LogP contribution in [0.3, 0.4) is 0 Å². The minimum atomic E-state index is -1.53. The predicted molar refractivity (Wildman–Crippen MR) is 58.4 cm³/mol. The summed E-state index contributed by atoms with van der Waals surface area (Å²) >= 11 is 1.18. The van der Waals surface area contributed by atoms with E-state index in [1.165, 1.54) is 11.8 Å². The molecule has 82 valence electrons. The number of carboxylic acid groups (broad SMARTS) is 1. The monoisotopic (exact) mass is 236 g/mol. The zero-order valence-electron chi connectivity index (χ0n) is 8.16. The standard InChI is InChI=1S/C10H8N2O3S/c11-12-9(10(14)15)8(13)6-16-7-4-2-1-3-5-7/h1-5H,6H2,(H,14,15). The van der Waals surface area contributed by atoms with Crippen molar-refractivity contribution < 1.29 is 19.5 Å². The highest BCUT2D eigenvalue weighted by Crippen LogP contribution is 2.16. The summed E-state index contributed by atoms with van der Waals surface area (Å²) in [6.45, 7) is 0. The van der Waals surface area contributed by atoms with E-state index in [0.29, 0.717) is 0 Å². The number of carbonyl (C=O) groups is 2. The van der Waals surface area contributed by atoms with Gasteiger partial charge in [0.25, 0.3) is 5.78 Å². The van der Waals surface area contributed by atoms with E-state index in [9.17, 15) is 9.59 Å². The first-order chi connectivity index (χ1) is 7.65. The average Bonchev–Trinajstić information content (AvgIpc) is 2.28. The van der Waals surface area contributed by atoms with Crippen molar-refractivity contribution in [2.45, 2.75) is 4.90 Å². The summed E-state index contributed by atoms with van der Waals surface area (Å²) < 4.78 is 0. The lowest BCUT2D eigenvalue weighted by molar-refractivity contribution is -0.136. The number of carbonyl (C=O) groups excluding carboxylic acids is 1. The van der Waals surface area contributed by atoms with Crippen LogP contribution in [0.4, 0.5) is 0 Å². The summed E-state index contributed by atoms with van der Waals surface area (Å²) in [5.74, 6) is -2.32. The second kappa shape index (κ2) is 5.85. The molecular weight excluding hydrogens is 228 g/mol. The number of benzene rings is 1. The largest absolute Gasteiger partial charge is 0.472 e. The normalized spacial score (nSPS) is 9.25. The Morgan fingerprint density at radius 1 is 1.31 bits per heavy atom. The van der Waals surface area contributed by atoms with Crippen molar-refractivity contribution in [3.63, 3.8) is 0 Å². The van der Waals surface area contributed by atoms with E-state index in [0.717, 1.165) is 4.90 Å². The third kappa shape index (κ3) is 3.34. The van der Waals surface area contributed by atoms with Crippen LogP contribution in [-0.4, -0.2) is 33.1 Å². The molecule has 0 unspecified atom stereocenters. The van der Waals surface area contributed by atoms with E-state index in [4.69, 9.17) is 10.6 Å². The van der Waals surface area contributed by atoms with Gasteiger partial charge in [0.2, 0.25) is 0 Å². The topological polar surface area (TPSA) is 90.8 Å². The Hall–Kier alpha value is -1.91. The van der Waals surface area contributed by atoms with E-state index in [2.05, 4.69) is 4.79 Å². The molecule has 5 nitrogen and oxygen atoms in total. The van der Waals surface area contributed by atoms with Crippen LogP contribution in [0.2, 0.25) is 0 Å². The fourth-order valence-corrected chi connectivity index (χ4v) is 1.74. The van der Waals surface area contributed by atoms with Crippen LogP contribution in [0.25, 0.3) is 5.53 Å². The highest BCUT2D eigenvalue weighted by Gasteiger charge is 2.28. The number of carboxylic acids is 1. The molecule has 6 heteroatoms. The van der Waals surface area contributed by atoms with E-state index >= 15 is 0 Å². The first-order valence-corrected chi connectivity index (χ1v) is 5.30. The summed E-state index contributed by atoms with van der Waals surface area (Å²) in [5.41, 5.74) is 7.50. The van der Waals surface area contributed by atoms with Gasteiger partial charge in [0.1, 0.15) is 0 Å². The summed E-state index contributed by atoms with van der Waals surface area (Å²) in [5, 5.41) is 8.52. The van der Waals surface area contributed by atoms with Gasteiger partial charge in [-0.3, -0.25) is 4.79 Å². The first-order valence-electron chi connectivity index (χ1n) is 4.31. The Labute approximate surface area is 95.7 Å². The molecule has 0 amide bonds. The quantitative estimate of drug-likeness (QED) is 0.272. The van der Waals surface area contributed by atoms with Gasteiger partial charge in [-0.05, 0) is 12.1 Å². The van der Waals surface area contributed by atoms with Crippen molar-refractivity contribution in [3.05, 3.63) is 35.9 Å². The van der Waals surface area contributed by atoms with Crippen molar-refractivity contribution in [3.8, 4) is 0 Å². The average molecular weight is 236 g/mol. The fraction of sp³-hybridized carbons (Fsp3) is 0.100. The van der Waals surface area contributed by atoms with Gasteiger partial charge in [0.15, 0.2) is 0 Å². The number of hydrogen-bond donors (Lipinski definition) is 1. The molecule has 0 radical (unpaired) electrons. The maximum atomic E-state index is 11.3. The van der Waals surface area contributed by atoms with E-state index in [1.807, 2.05) is 18.2 Å². The number of nitrogens with zero attached hydrogens (tertiary/aromatic N) is 2. The van der Waals surface area contributed by atoms with E-state index in [-0.39, 0.29) is 5.75 Å². The molecule has 1 aromatic carbocycles. The Balaban J connectivity index is 2.60. The molecule has 0 saturated heterocycles. The van der Waals surface area contributed by atoms with Crippen LogP contribution in [0.1, 0.15) is 0 Å². The number of Topliss-reactive ketones (excluding diaryl/α,β-unsaturated/α-hetero) is 1. The molecule has 0 saturated carbocycles. The van der Waals surface area contributed by atoms with Gasteiger partial charge in [0, 0.05) is 4.90 Å². The number of ketones is 1. The lowest BCUT2D eigenvalue weighted by Gasteiger charge is -1.96. The minimum Gasteiger partial charge on any atom is -0.472 e. The second-order valence-corrected chi connectivity index (χ2v) is 3.83. The van der Waals surface area contributed by atoms with Gasteiger partial charge in [0.05, 0.1) is 5.75 Å². The summed E-state index contributed by atoms with van der Waals surface area (Å²) in [7, 11) is 0. The highest BCUT2D eigenvalue weighted by atomic mass is 32.2. The second-order valence-electron chi connectivity index (χ2n) is 2.78. The van der Waals surface area contributed by atoms with Crippen LogP contribution in [0.15, 0.2) is 35.2 Å². The molecule has 0 aliphatic rings. The maximum absolute atomic E-state index is 11.3. The maximum Gasteiger partial charge on any atom is 0.442 e. The Morgan fingerprint density at radius 3 is 2.44 bits per heavy atom. The van der Waals surface area contributed by atoms with Crippen LogP contribution >= 0.6 is 11.8 Å². The summed E-state index contributed by atoms with van der Waals surface area (Å²) in [4.78, 5) is 25.1. The van der Waals surface area contributed by atoms with Crippen LogP contribution in [0, 0.1) is 0 Å². The van der Waals surface area contributed by atoms with E-state index in [1.54, 1.807) is 12.1 Å². The first kappa shape index (κ1) is 12.2. The number of aliphatic carboxylic acids is 1. The lowest BCUT2D eigenvalue weighted by atomic mass is 10.3. The van der Waals surface area contributed by atoms with Crippen molar-refractivity contribution >= 4 is 29.2 Å². The Kier molecular flexibility index (Phi) is 4.44. The molecule has 0 aromatic heterocycles. The van der Waals surface area contributed by atoms with Gasteiger partial charge in [-0.25, -0.2) is 4.79 Å². The molecule has 0 fully saturated rings. The molecule has 16 heavy (non-hydrogen) atoms. The van der Waals surface area contributed by atoms with Gasteiger partial charge in [-0.15, -0.1) is 11.8 Å². The zero-order valence-corrected chi connectivity index (χ0v) is 8.98. The third-order valence-electron chi connectivity index (χ3n) is 1.68. The molecule has 0 aliphatic heterocycles. The minimum absolute atomic E-state index is 0.0737. The molecule has 0 atom stereocenters. The van der Waals surface area contributed by atoms with Crippen LogP contribution in [0.5, 0.6) is 0 Å². The smallest absolute Gasteiger partial charge is 0.442 e. The van der Waals surface area contributed by atoms with Gasteiger partial charge in [-0.2, -0.15) is 4.79 Å². The molecule has 0 heterocycles. The van der Waals surface area contributed by atoms with E-state index < -0.39 is 17.5 Å². The SMILES string of the molecule is [N-]=[N+]=C(C(=O)O)C(=O)CSc1ccccc1. The zero-order chi connectivity index (χ0) is 12.0. The molecule has 0 bridgehead atoms. The lowest BCUT2D eigenvalue weighted by Crippen LogP contribution is -2.26. The van der Waals surface area contributed by atoms with Crippen molar-refractivity contribution in [2.24, 2.45) is 0 Å². The predicted octanol–water partition coefficient (Wildman–Crippen LogP) is 1.10. The van der Waals surface area contributed by atoms with Crippen molar-refractivity contribution in [2.75, 3.05) is 5.75 Å². The van der Waals surface area contributed by atoms with Crippen LogP contribution < -0.4 is 0 Å². The fourth-order valence-electron chi connectivity index (χ4n) is 0.952. The summed E-state index contributed by atoms with van der Waals surface area (Å²) in [6.07, 6.45) is 0. The number of rotatable bonds is 5. The van der Waals surface area contributed by atoms with Crippen molar-refractivity contribution in [1.29, 1.82) is 0 Å². The molecule has 1 aromatic rings. The van der Waals surface area contributed by atoms with Crippen molar-refractivity contribution in [1.82, 2.24) is 0 Å². The van der Waals surface area contributed by atoms with Gasteiger partial charge in [-0.1, -0.05) is 18.2 Å². The molecule has 0 spiro atoms.